The van der Waals surface area contributed by atoms with Crippen molar-refractivity contribution in [2.75, 3.05) is 0 Å². The highest BCUT2D eigenvalue weighted by Gasteiger charge is 2.03. The molecule has 1 rings (SSSR count). The van der Waals surface area contributed by atoms with E-state index in [1.807, 2.05) is 12.1 Å². The zero-order valence-corrected chi connectivity index (χ0v) is 7.78. The lowest BCUT2D eigenvalue weighted by molar-refractivity contribution is 1.46. The molecule has 2 radical (unpaired) electrons. The van der Waals surface area contributed by atoms with E-state index in [9.17, 15) is 0 Å². The van der Waals surface area contributed by atoms with Crippen molar-refractivity contribution in [2.24, 2.45) is 0 Å². The Morgan fingerprint density at radius 2 is 2.29 bits per heavy atom. The zero-order valence-electron chi connectivity index (χ0n) is 7.78. The summed E-state index contributed by atoms with van der Waals surface area (Å²) in [7, 11) is 0. The predicted molar refractivity (Wildman–Crippen MR) is 54.7 cm³/mol. The van der Waals surface area contributed by atoms with Gasteiger partial charge in [-0.25, -0.2) is 10.1 Å². The normalized spacial score (nSPS) is 11.1. The number of benzene rings is 1. The summed E-state index contributed by atoms with van der Waals surface area (Å²) >= 11 is 0. The van der Waals surface area contributed by atoms with E-state index < -0.39 is 0 Å². The minimum Gasteiger partial charge on any atom is -0.226 e. The van der Waals surface area contributed by atoms with Gasteiger partial charge in [0.25, 0.3) is 5.70 Å². The number of rotatable bonds is 1. The van der Waals surface area contributed by atoms with Crippen LogP contribution in [0.25, 0.3) is 10.4 Å². The van der Waals surface area contributed by atoms with Crippen molar-refractivity contribution in [1.29, 1.82) is 5.26 Å². The van der Waals surface area contributed by atoms with Crippen molar-refractivity contribution in [1.82, 2.24) is 0 Å². The number of allylic oxidation sites excluding steroid dienone is 2. The van der Waals surface area contributed by atoms with E-state index in [1.54, 1.807) is 25.1 Å². The Morgan fingerprint density at radius 1 is 1.57 bits per heavy atom. The molecule has 66 valence electrons. The molecule has 0 atom stereocenters. The summed E-state index contributed by atoms with van der Waals surface area (Å²) in [4.78, 5) is 3.14. The summed E-state index contributed by atoms with van der Waals surface area (Å²) in [6, 6.07) is 8.99. The maximum atomic E-state index is 8.67. The summed E-state index contributed by atoms with van der Waals surface area (Å²) in [6.45, 7) is 14.1. The molecule has 0 N–H and O–H groups in total. The van der Waals surface area contributed by atoms with Gasteiger partial charge in [-0.15, -0.1) is 0 Å². The Hall–Kier alpha value is -2.06. The van der Waals surface area contributed by atoms with E-state index in [-0.39, 0.29) is 5.70 Å². The fourth-order valence-corrected chi connectivity index (χ4v) is 1.10. The first-order chi connectivity index (χ1) is 6.69. The second-order valence-corrected chi connectivity index (χ2v) is 2.82. The van der Waals surface area contributed by atoms with Crippen LogP contribution in [-0.2, 0) is 0 Å². The molecule has 2 heteroatoms. The van der Waals surface area contributed by atoms with Gasteiger partial charge in [0.1, 0.15) is 0 Å². The predicted octanol–water partition coefficient (Wildman–Crippen LogP) is 2.92. The molecule has 1 aromatic carbocycles. The number of hydrogen-bond acceptors (Lipinski definition) is 1. The SMILES string of the molecule is [C-]#[N+]/C(C#N)=C(\C)c1cccc([CH])c1. The van der Waals surface area contributed by atoms with E-state index in [0.29, 0.717) is 11.1 Å². The third-order valence-electron chi connectivity index (χ3n) is 1.89. The summed E-state index contributed by atoms with van der Waals surface area (Å²) in [6.07, 6.45) is 0. The first-order valence-corrected chi connectivity index (χ1v) is 4.03. The Balaban J connectivity index is 3.27. The number of nitrogens with zero attached hydrogens (tertiary/aromatic N) is 2. The van der Waals surface area contributed by atoms with Crippen molar-refractivity contribution in [3.05, 3.63) is 59.4 Å². The lowest BCUT2D eigenvalue weighted by atomic mass is 10.0. The highest BCUT2D eigenvalue weighted by molar-refractivity contribution is 5.72. The van der Waals surface area contributed by atoms with Gasteiger partial charge in [0, 0.05) is 0 Å². The molecule has 0 fully saturated rings. The molecule has 14 heavy (non-hydrogen) atoms. The molecule has 2 nitrogen and oxygen atoms in total. The zero-order chi connectivity index (χ0) is 10.6. The molecule has 0 saturated carbocycles. The first kappa shape index (κ1) is 10.0. The van der Waals surface area contributed by atoms with Crippen LogP contribution in [0.2, 0.25) is 0 Å². The average Bonchev–Trinajstić information content (AvgIpc) is 2.19. The third-order valence-corrected chi connectivity index (χ3v) is 1.89. The number of hydrogen-bond donors (Lipinski definition) is 0. The maximum absolute atomic E-state index is 8.67. The molecule has 1 aromatic rings. The van der Waals surface area contributed by atoms with Crippen LogP contribution in [0.1, 0.15) is 18.1 Å². The van der Waals surface area contributed by atoms with E-state index in [1.165, 1.54) is 0 Å². The molecule has 0 heterocycles. The second-order valence-electron chi connectivity index (χ2n) is 2.82. The fraction of sp³-hybridized carbons (Fsp3) is 0.0833. The lowest BCUT2D eigenvalue weighted by Crippen LogP contribution is -1.84. The number of nitriles is 1. The fourth-order valence-electron chi connectivity index (χ4n) is 1.10. The van der Waals surface area contributed by atoms with Gasteiger partial charge in [-0.2, -0.15) is 0 Å². The topological polar surface area (TPSA) is 28.1 Å². The van der Waals surface area contributed by atoms with Gasteiger partial charge < -0.3 is 0 Å². The summed E-state index contributed by atoms with van der Waals surface area (Å²) in [5.74, 6) is 0. The summed E-state index contributed by atoms with van der Waals surface area (Å²) in [5.41, 5.74) is 2.21. The van der Waals surface area contributed by atoms with Gasteiger partial charge in [-0.3, -0.25) is 0 Å². The average molecular weight is 180 g/mol. The largest absolute Gasteiger partial charge is 0.265 e. The monoisotopic (exact) mass is 180 g/mol. The molecular weight excluding hydrogens is 172 g/mol. The van der Waals surface area contributed by atoms with Crippen LogP contribution in [0, 0.1) is 24.8 Å². The highest BCUT2D eigenvalue weighted by atomic mass is 14.7. The minimum absolute atomic E-state index is 0.107. The minimum atomic E-state index is 0.107. The Bertz CT molecular complexity index is 440. The van der Waals surface area contributed by atoms with Gasteiger partial charge >= 0.3 is 0 Å². The summed E-state index contributed by atoms with van der Waals surface area (Å²) < 4.78 is 0. The van der Waals surface area contributed by atoms with E-state index in [2.05, 4.69) is 4.85 Å². The summed E-state index contributed by atoms with van der Waals surface area (Å²) in [5, 5.41) is 8.67. The Morgan fingerprint density at radius 3 is 2.79 bits per heavy atom. The lowest BCUT2D eigenvalue weighted by Gasteiger charge is -2.02. The molecule has 0 spiro atoms. The molecule has 0 aliphatic carbocycles. The van der Waals surface area contributed by atoms with Gasteiger partial charge in [0.05, 0.1) is 12.6 Å². The molecular formula is C12H8N2. The Labute approximate surface area is 83.9 Å². The van der Waals surface area contributed by atoms with Crippen LogP contribution in [0.15, 0.2) is 30.0 Å². The molecule has 0 amide bonds. The quantitative estimate of drug-likeness (QED) is 0.482. The molecule has 0 bridgehead atoms. The van der Waals surface area contributed by atoms with Crippen molar-refractivity contribution < 1.29 is 0 Å². The van der Waals surface area contributed by atoms with Crippen LogP contribution in [0.5, 0.6) is 0 Å². The highest BCUT2D eigenvalue weighted by Crippen LogP contribution is 2.19. The Kier molecular flexibility index (Phi) is 3.05. The van der Waals surface area contributed by atoms with E-state index in [0.717, 1.165) is 5.56 Å². The van der Waals surface area contributed by atoms with Crippen LogP contribution < -0.4 is 0 Å². The van der Waals surface area contributed by atoms with Crippen molar-refractivity contribution in [3.8, 4) is 6.07 Å². The molecule has 0 aliphatic heterocycles. The van der Waals surface area contributed by atoms with Gasteiger partial charge in [-0.05, 0) is 30.5 Å². The van der Waals surface area contributed by atoms with Crippen LogP contribution in [0.4, 0.5) is 0 Å². The maximum Gasteiger partial charge on any atom is 0.265 e. The standard InChI is InChI=1S/C12H8N2/c1-9-5-4-6-11(7-9)10(2)12(8-13)14-3/h1,4-7H,2H3/b12-10+. The van der Waals surface area contributed by atoms with Gasteiger partial charge in [0.15, 0.2) is 0 Å². The van der Waals surface area contributed by atoms with Gasteiger partial charge in [-0.1, -0.05) is 24.3 Å². The van der Waals surface area contributed by atoms with E-state index in [4.69, 9.17) is 18.8 Å². The second kappa shape index (κ2) is 4.25. The van der Waals surface area contributed by atoms with Crippen molar-refractivity contribution in [3.63, 3.8) is 0 Å². The van der Waals surface area contributed by atoms with Crippen LogP contribution in [-0.4, -0.2) is 0 Å². The van der Waals surface area contributed by atoms with Crippen LogP contribution in [0.3, 0.4) is 0 Å². The first-order valence-electron chi connectivity index (χ1n) is 4.03. The third kappa shape index (κ3) is 2.00. The van der Waals surface area contributed by atoms with E-state index >= 15 is 0 Å². The smallest absolute Gasteiger partial charge is 0.226 e. The van der Waals surface area contributed by atoms with Gasteiger partial charge in [0.2, 0.25) is 0 Å². The molecule has 0 saturated heterocycles. The molecule has 0 aliphatic rings. The molecule has 0 unspecified atom stereocenters. The van der Waals surface area contributed by atoms with Crippen molar-refractivity contribution in [2.45, 2.75) is 6.92 Å². The molecule has 0 aromatic heterocycles. The van der Waals surface area contributed by atoms with Crippen molar-refractivity contribution >= 4 is 5.57 Å². The van der Waals surface area contributed by atoms with Crippen LogP contribution >= 0.6 is 0 Å².